The zero-order valence-electron chi connectivity index (χ0n) is 60.3. The van der Waals surface area contributed by atoms with Crippen LogP contribution in [0.1, 0.15) is 125 Å². The number of aromatic hydroxyl groups is 1. The number of aryl methyl sites for hydroxylation is 2. The van der Waals surface area contributed by atoms with Gasteiger partial charge in [-0.3, -0.25) is 38.4 Å². The first kappa shape index (κ1) is 79.7. The highest BCUT2D eigenvalue weighted by atomic mass is 35.5. The molecule has 0 saturated carbocycles. The first-order chi connectivity index (χ1) is 47.5. The lowest BCUT2D eigenvalue weighted by molar-refractivity contribution is -0.149. The van der Waals surface area contributed by atoms with E-state index in [4.69, 9.17) is 30.5 Å². The standard InChI is InChI=1S/C40H48N2O9S2.C37H43ClN4O7/c1-38(2,3)25-40(7,8)26-10-15-29(16-11-26)50-34-23-12-27(42-52(9,46)47)24-33(34)41-37(45)35(36(44)39(4,5)6)51-30-17-21-32(22-18-30)53(48,49)31-19-13-28(43)14-20-31;1-8-28(49-29-18-15-22(3)19-23(29)4)32(44)39-25-16-17-26(38)27(20-25)40-33(45)30(31(43)37(5,6)7)42-34(46)35(48-9-2)41(36(42)47)21-24-13-11-10-12-14-24/h10-24,35,42-43H,25H2,1-9H3,(H,41,45);10-20,28,30,35H,8-9,21H2,1-7H3,(H,39,44)(H,40,45). The number of nitrogens with zero attached hydrogens (tertiary/aromatic N) is 2. The number of carbonyl (C=O) groups is 7. The number of anilines is 4. The number of hydrogen-bond acceptors (Lipinski definition) is 16. The molecule has 6 amide bonds. The monoisotopic (exact) mass is 1450 g/mol. The second-order valence-electron chi connectivity index (χ2n) is 28.8. The Hall–Kier alpha value is -9.62. The molecule has 0 aliphatic carbocycles. The molecule has 7 aromatic rings. The van der Waals surface area contributed by atoms with E-state index in [1.807, 2.05) is 69.3 Å². The molecule has 0 spiro atoms. The van der Waals surface area contributed by atoms with Crippen molar-refractivity contribution in [1.29, 1.82) is 0 Å². The van der Waals surface area contributed by atoms with Gasteiger partial charge in [-0.15, -0.1) is 0 Å². The summed E-state index contributed by atoms with van der Waals surface area (Å²) < 4.78 is 76.5. The van der Waals surface area contributed by atoms with Crippen molar-refractivity contribution < 1.29 is 74.5 Å². The average Bonchev–Trinajstić information content (AvgIpc) is 1.60. The first-order valence-corrected chi connectivity index (χ1v) is 36.8. The highest BCUT2D eigenvalue weighted by Crippen LogP contribution is 2.40. The molecular formula is C77H91ClN6O16S2. The van der Waals surface area contributed by atoms with E-state index in [0.717, 1.165) is 34.9 Å². The second-order valence-corrected chi connectivity index (χ2v) is 32.9. The van der Waals surface area contributed by atoms with E-state index in [-0.39, 0.29) is 73.1 Å². The molecule has 4 unspecified atom stereocenters. The van der Waals surface area contributed by atoms with Gasteiger partial charge >= 0.3 is 6.03 Å². The maximum atomic E-state index is 14.0. The topological polar surface area (TPSA) is 300 Å². The lowest BCUT2D eigenvalue weighted by Gasteiger charge is -2.33. The van der Waals surface area contributed by atoms with Crippen LogP contribution in [-0.2, 0) is 65.3 Å². The van der Waals surface area contributed by atoms with Crippen molar-refractivity contribution in [3.8, 4) is 28.7 Å². The van der Waals surface area contributed by atoms with Crippen molar-refractivity contribution in [3.63, 3.8) is 0 Å². The Morgan fingerprint density at radius 1 is 0.608 bits per heavy atom. The lowest BCUT2D eigenvalue weighted by Crippen LogP contribution is -2.55. The van der Waals surface area contributed by atoms with Gasteiger partial charge in [0.15, 0.2) is 29.5 Å². The van der Waals surface area contributed by atoms with Crippen molar-refractivity contribution in [2.75, 3.05) is 33.5 Å². The number of ether oxygens (including phenoxy) is 4. The number of sulfone groups is 1. The number of phenols is 1. The van der Waals surface area contributed by atoms with Gasteiger partial charge in [0, 0.05) is 23.1 Å². The van der Waals surface area contributed by atoms with E-state index < -0.39 is 96.4 Å². The molecule has 102 heavy (non-hydrogen) atoms. The van der Waals surface area contributed by atoms with Gasteiger partial charge in [0.25, 0.3) is 23.6 Å². The third-order valence-corrected chi connectivity index (χ3v) is 18.8. The summed E-state index contributed by atoms with van der Waals surface area (Å²) >= 11 is 6.46. The summed E-state index contributed by atoms with van der Waals surface area (Å²) in [7, 11) is -7.62. The van der Waals surface area contributed by atoms with E-state index in [2.05, 4.69) is 55.3 Å². The molecule has 0 radical (unpaired) electrons. The molecule has 1 aliphatic heterocycles. The fourth-order valence-corrected chi connectivity index (χ4v) is 13.3. The Morgan fingerprint density at radius 2 is 1.17 bits per heavy atom. The van der Waals surface area contributed by atoms with Crippen LogP contribution in [0.4, 0.5) is 27.5 Å². The molecule has 7 aromatic carbocycles. The lowest BCUT2D eigenvalue weighted by atomic mass is 9.72. The summed E-state index contributed by atoms with van der Waals surface area (Å²) in [6, 6.07) is 38.7. The number of Topliss-reactive ketones (excluding diaryl/α,β-unsaturated/α-hetero) is 2. The number of hydrogen-bond donors (Lipinski definition) is 5. The zero-order chi connectivity index (χ0) is 75.6. The molecule has 1 heterocycles. The number of rotatable bonds is 26. The highest BCUT2D eigenvalue weighted by molar-refractivity contribution is 7.92. The number of nitrogens with one attached hydrogen (secondary N) is 4. The van der Waals surface area contributed by atoms with Crippen LogP contribution in [-0.4, -0.2) is 110 Å². The molecule has 544 valence electrons. The average molecular weight is 1460 g/mol. The van der Waals surface area contributed by atoms with Gasteiger partial charge < -0.3 is 40.0 Å². The highest BCUT2D eigenvalue weighted by Gasteiger charge is 2.54. The Bertz CT molecular complexity index is 4460. The number of sulfonamides is 1. The zero-order valence-corrected chi connectivity index (χ0v) is 62.7. The third kappa shape index (κ3) is 21.0. The number of urea groups is 1. The van der Waals surface area contributed by atoms with Crippen molar-refractivity contribution in [2.45, 2.75) is 163 Å². The normalized spacial score (nSPS) is 14.5. The van der Waals surface area contributed by atoms with Crippen LogP contribution in [0, 0.1) is 30.1 Å². The minimum Gasteiger partial charge on any atom is -0.508 e. The van der Waals surface area contributed by atoms with Gasteiger partial charge in [0.05, 0.1) is 44.7 Å². The summed E-state index contributed by atoms with van der Waals surface area (Å²) in [6.45, 7) is 28.1. The molecule has 22 nitrogen and oxygen atoms in total. The first-order valence-electron chi connectivity index (χ1n) is 33.0. The molecule has 4 atom stereocenters. The van der Waals surface area contributed by atoms with Crippen LogP contribution in [0.2, 0.25) is 5.02 Å². The van der Waals surface area contributed by atoms with E-state index in [1.54, 1.807) is 78.8 Å². The maximum absolute atomic E-state index is 14.0. The number of benzene rings is 7. The van der Waals surface area contributed by atoms with Gasteiger partial charge in [-0.25, -0.2) is 26.5 Å². The molecule has 25 heteroatoms. The SMILES string of the molecule is CC(C)(C)CC(C)(C)c1ccc(Oc2ccc(NS(C)(=O)=O)cc2NC(=O)C(Oc2ccc(S(=O)(=O)c3ccc(O)cc3)cc2)C(=O)C(C)(C)C)cc1.CCOC1C(=O)N(C(C(=O)Nc2cc(NC(=O)C(CC)Oc3ccc(C)cc3C)ccc2Cl)C(=O)C(C)(C)C)C(=O)N1Cc1ccccc1. The molecule has 1 fully saturated rings. The summed E-state index contributed by atoms with van der Waals surface area (Å²) in [5, 5.41) is 17.8. The van der Waals surface area contributed by atoms with Gasteiger partial charge in [0.2, 0.25) is 32.2 Å². The number of halogens is 1. The number of amides is 6. The number of carbonyl (C=O) groups excluding carboxylic acids is 7. The van der Waals surface area contributed by atoms with Crippen LogP contribution in [0.25, 0.3) is 0 Å². The van der Waals surface area contributed by atoms with Crippen LogP contribution < -0.4 is 34.9 Å². The van der Waals surface area contributed by atoms with Gasteiger partial charge in [-0.1, -0.05) is 155 Å². The smallest absolute Gasteiger partial charge is 0.330 e. The minimum atomic E-state index is -3.94. The van der Waals surface area contributed by atoms with Crippen LogP contribution >= 0.6 is 11.6 Å². The largest absolute Gasteiger partial charge is 0.508 e. The fourth-order valence-electron chi connectivity index (χ4n) is 11.3. The number of phenolic OH excluding ortho intramolecular Hbond substituents is 1. The van der Waals surface area contributed by atoms with E-state index in [1.165, 1.54) is 83.8 Å². The Morgan fingerprint density at radius 3 is 1.73 bits per heavy atom. The maximum Gasteiger partial charge on any atom is 0.330 e. The molecule has 0 bridgehead atoms. The summed E-state index contributed by atoms with van der Waals surface area (Å²) in [4.78, 5) is 98.1. The van der Waals surface area contributed by atoms with Crippen LogP contribution in [0.5, 0.6) is 28.7 Å². The molecule has 1 aliphatic rings. The Labute approximate surface area is 602 Å². The summed E-state index contributed by atoms with van der Waals surface area (Å²) in [6.07, 6.45) is -1.52. The molecule has 8 rings (SSSR count). The van der Waals surface area contributed by atoms with Gasteiger partial charge in [0.1, 0.15) is 23.0 Å². The fraction of sp³-hybridized carbons (Fsp3) is 0.364. The number of ketones is 2. The minimum absolute atomic E-state index is 0.0180. The Kier molecular flexibility index (Phi) is 25.5. The molecule has 5 N–H and O–H groups in total. The molecule has 0 aromatic heterocycles. The predicted octanol–water partition coefficient (Wildman–Crippen LogP) is 14.6. The Balaban J connectivity index is 0.000000287. The van der Waals surface area contributed by atoms with Crippen LogP contribution in [0.15, 0.2) is 168 Å². The summed E-state index contributed by atoms with van der Waals surface area (Å²) in [5.74, 6) is -3.13. The summed E-state index contributed by atoms with van der Waals surface area (Å²) in [5.41, 5.74) is 2.22. The van der Waals surface area contributed by atoms with Crippen molar-refractivity contribution in [3.05, 3.63) is 185 Å². The molecular weight excluding hydrogens is 1360 g/mol. The van der Waals surface area contributed by atoms with E-state index in [9.17, 15) is 55.5 Å². The second kappa shape index (κ2) is 32.6. The van der Waals surface area contributed by atoms with Crippen LogP contribution in [0.3, 0.4) is 0 Å². The number of imide groups is 1. The van der Waals surface area contributed by atoms with Crippen molar-refractivity contribution in [2.24, 2.45) is 16.2 Å². The van der Waals surface area contributed by atoms with Gasteiger partial charge in [-0.05, 0) is 164 Å². The van der Waals surface area contributed by atoms with E-state index in [0.29, 0.717) is 28.5 Å². The third-order valence-electron chi connectivity index (χ3n) is 16.1. The van der Waals surface area contributed by atoms with Crippen molar-refractivity contribution >= 4 is 95.4 Å². The van der Waals surface area contributed by atoms with E-state index >= 15 is 0 Å². The van der Waals surface area contributed by atoms with Gasteiger partial charge in [-0.2, -0.15) is 0 Å². The quantitative estimate of drug-likeness (QED) is 0.0249. The van der Waals surface area contributed by atoms with Crippen molar-refractivity contribution in [1.82, 2.24) is 9.80 Å². The predicted molar refractivity (Wildman–Crippen MR) is 393 cm³/mol. The molecule has 1 saturated heterocycles.